The van der Waals surface area contributed by atoms with Crippen LogP contribution >= 0.6 is 0 Å². The molecule has 1 aliphatic rings. The molecule has 1 atom stereocenters. The smallest absolute Gasteiger partial charge is 0.337 e. The highest BCUT2D eigenvalue weighted by molar-refractivity contribution is 5.95. The average Bonchev–Trinajstić information content (AvgIpc) is 2.50. The van der Waals surface area contributed by atoms with Crippen LogP contribution in [0.3, 0.4) is 0 Å². The van der Waals surface area contributed by atoms with Crippen molar-refractivity contribution in [1.29, 1.82) is 0 Å². The standard InChI is InChI=1S/C18H24N2O3/c1-11(2)10-20-13(4)15(17(21)23-5)16(19-18(20)22)14-8-6-7-12(3)9-14/h6-9,11,16H,10H2,1-5H3,(H,19,22)/t16-/m1/s1. The summed E-state index contributed by atoms with van der Waals surface area (Å²) in [5.74, 6) is -0.118. The van der Waals surface area contributed by atoms with Crippen molar-refractivity contribution in [3.8, 4) is 0 Å². The van der Waals surface area contributed by atoms with E-state index in [0.717, 1.165) is 11.1 Å². The highest BCUT2D eigenvalue weighted by Gasteiger charge is 2.36. The van der Waals surface area contributed by atoms with Crippen molar-refractivity contribution in [3.63, 3.8) is 0 Å². The second kappa shape index (κ2) is 6.86. The summed E-state index contributed by atoms with van der Waals surface area (Å²) in [6.07, 6.45) is 0. The Balaban J connectivity index is 2.52. The number of amides is 2. The highest BCUT2D eigenvalue weighted by Crippen LogP contribution is 2.31. The fourth-order valence-electron chi connectivity index (χ4n) is 2.84. The van der Waals surface area contributed by atoms with Gasteiger partial charge in [-0.3, -0.25) is 4.90 Å². The van der Waals surface area contributed by atoms with Crippen LogP contribution in [-0.4, -0.2) is 30.6 Å². The molecule has 0 fully saturated rings. The van der Waals surface area contributed by atoms with Crippen molar-refractivity contribution < 1.29 is 14.3 Å². The molecule has 1 aromatic carbocycles. The fourth-order valence-corrected chi connectivity index (χ4v) is 2.84. The summed E-state index contributed by atoms with van der Waals surface area (Å²) >= 11 is 0. The van der Waals surface area contributed by atoms with Crippen molar-refractivity contribution in [2.45, 2.75) is 33.7 Å². The van der Waals surface area contributed by atoms with Gasteiger partial charge in [-0.2, -0.15) is 0 Å². The summed E-state index contributed by atoms with van der Waals surface area (Å²) in [6.45, 7) is 8.40. The van der Waals surface area contributed by atoms with Crippen molar-refractivity contribution in [2.24, 2.45) is 5.92 Å². The van der Waals surface area contributed by atoms with E-state index in [-0.39, 0.29) is 6.03 Å². The first kappa shape index (κ1) is 17.1. The Bertz CT molecular complexity index is 649. The van der Waals surface area contributed by atoms with Gasteiger partial charge in [0.2, 0.25) is 0 Å². The minimum absolute atomic E-state index is 0.185. The van der Waals surface area contributed by atoms with E-state index in [4.69, 9.17) is 4.74 Å². The lowest BCUT2D eigenvalue weighted by molar-refractivity contribution is -0.136. The van der Waals surface area contributed by atoms with Crippen LogP contribution in [0.25, 0.3) is 0 Å². The van der Waals surface area contributed by atoms with Gasteiger partial charge in [0.05, 0.1) is 18.7 Å². The number of hydrogen-bond donors (Lipinski definition) is 1. The largest absolute Gasteiger partial charge is 0.466 e. The fraction of sp³-hybridized carbons (Fsp3) is 0.444. The molecule has 0 radical (unpaired) electrons. The average molecular weight is 316 g/mol. The number of allylic oxidation sites excluding steroid dienone is 1. The van der Waals surface area contributed by atoms with Crippen LogP contribution in [0.2, 0.25) is 0 Å². The van der Waals surface area contributed by atoms with Crippen molar-refractivity contribution >= 4 is 12.0 Å². The monoisotopic (exact) mass is 316 g/mol. The molecular formula is C18H24N2O3. The van der Waals surface area contributed by atoms with Gasteiger partial charge in [0.1, 0.15) is 0 Å². The topological polar surface area (TPSA) is 58.6 Å². The number of nitrogens with zero attached hydrogens (tertiary/aromatic N) is 1. The zero-order valence-corrected chi connectivity index (χ0v) is 14.3. The molecular weight excluding hydrogens is 292 g/mol. The van der Waals surface area contributed by atoms with Gasteiger partial charge in [-0.25, -0.2) is 9.59 Å². The minimum atomic E-state index is -0.488. The molecule has 5 nitrogen and oxygen atoms in total. The molecule has 1 aromatic rings. The van der Waals surface area contributed by atoms with E-state index in [0.29, 0.717) is 23.7 Å². The maximum absolute atomic E-state index is 12.5. The first-order valence-electron chi connectivity index (χ1n) is 7.78. The molecule has 0 aliphatic carbocycles. The molecule has 1 heterocycles. The molecule has 5 heteroatoms. The molecule has 0 saturated heterocycles. The lowest BCUT2D eigenvalue weighted by Crippen LogP contribution is -2.49. The van der Waals surface area contributed by atoms with Crippen LogP contribution in [-0.2, 0) is 9.53 Å². The van der Waals surface area contributed by atoms with Gasteiger partial charge in [0, 0.05) is 12.2 Å². The van der Waals surface area contributed by atoms with E-state index in [1.165, 1.54) is 7.11 Å². The van der Waals surface area contributed by atoms with Gasteiger partial charge < -0.3 is 10.1 Å². The summed E-state index contributed by atoms with van der Waals surface area (Å²) in [5, 5.41) is 2.94. The quantitative estimate of drug-likeness (QED) is 0.868. The second-order valence-corrected chi connectivity index (χ2v) is 6.29. The Morgan fingerprint density at radius 2 is 2.04 bits per heavy atom. The van der Waals surface area contributed by atoms with E-state index >= 15 is 0 Å². The van der Waals surface area contributed by atoms with E-state index < -0.39 is 12.0 Å². The zero-order chi connectivity index (χ0) is 17.1. The third-order valence-corrected chi connectivity index (χ3v) is 3.92. The van der Waals surface area contributed by atoms with Crippen LogP contribution in [0.5, 0.6) is 0 Å². The van der Waals surface area contributed by atoms with Crippen LogP contribution < -0.4 is 5.32 Å². The number of benzene rings is 1. The Kier molecular flexibility index (Phi) is 5.08. The lowest BCUT2D eigenvalue weighted by atomic mass is 9.93. The molecule has 0 unspecified atom stereocenters. The van der Waals surface area contributed by atoms with Crippen LogP contribution in [0.4, 0.5) is 4.79 Å². The van der Waals surface area contributed by atoms with Gasteiger partial charge in [-0.05, 0) is 25.3 Å². The summed E-state index contributed by atoms with van der Waals surface area (Å²) in [5.41, 5.74) is 3.09. The van der Waals surface area contributed by atoms with E-state index in [1.807, 2.05) is 45.0 Å². The van der Waals surface area contributed by atoms with Crippen molar-refractivity contribution in [2.75, 3.05) is 13.7 Å². The number of carbonyl (C=O) groups excluding carboxylic acids is 2. The second-order valence-electron chi connectivity index (χ2n) is 6.29. The Morgan fingerprint density at radius 3 is 2.61 bits per heavy atom. The first-order chi connectivity index (χ1) is 10.8. The molecule has 1 aliphatic heterocycles. The molecule has 0 saturated carbocycles. The Morgan fingerprint density at radius 1 is 1.35 bits per heavy atom. The lowest BCUT2D eigenvalue weighted by Gasteiger charge is -2.36. The number of nitrogens with one attached hydrogen (secondary N) is 1. The summed E-state index contributed by atoms with van der Waals surface area (Å²) < 4.78 is 4.96. The maximum Gasteiger partial charge on any atom is 0.337 e. The predicted molar refractivity (Wildman–Crippen MR) is 88.7 cm³/mol. The number of ether oxygens (including phenoxy) is 1. The molecule has 0 bridgehead atoms. The molecule has 0 aromatic heterocycles. The van der Waals surface area contributed by atoms with Crippen molar-refractivity contribution in [1.82, 2.24) is 10.2 Å². The molecule has 2 amide bonds. The number of urea groups is 1. The number of aryl methyl sites for hydroxylation is 1. The van der Waals surface area contributed by atoms with Crippen LogP contribution in [0, 0.1) is 12.8 Å². The SMILES string of the molecule is COC(=O)C1=C(C)N(CC(C)C)C(=O)N[C@@H]1c1cccc(C)c1. The van der Waals surface area contributed by atoms with E-state index in [2.05, 4.69) is 5.32 Å². The number of methoxy groups -OCH3 is 1. The molecule has 0 spiro atoms. The van der Waals surface area contributed by atoms with Crippen molar-refractivity contribution in [3.05, 3.63) is 46.7 Å². The molecule has 1 N–H and O–H groups in total. The number of esters is 1. The first-order valence-corrected chi connectivity index (χ1v) is 7.78. The van der Waals surface area contributed by atoms with Gasteiger partial charge >= 0.3 is 12.0 Å². The van der Waals surface area contributed by atoms with Gasteiger partial charge in [0.25, 0.3) is 0 Å². The predicted octanol–water partition coefficient (Wildman–Crippen LogP) is 3.16. The highest BCUT2D eigenvalue weighted by atomic mass is 16.5. The minimum Gasteiger partial charge on any atom is -0.466 e. The normalized spacial score (nSPS) is 18.3. The number of carbonyl (C=O) groups is 2. The number of rotatable bonds is 4. The third-order valence-electron chi connectivity index (χ3n) is 3.92. The van der Waals surface area contributed by atoms with Crippen LogP contribution in [0.15, 0.2) is 35.5 Å². The maximum atomic E-state index is 12.5. The summed E-state index contributed by atoms with van der Waals surface area (Å²) in [7, 11) is 1.36. The van der Waals surface area contributed by atoms with E-state index in [9.17, 15) is 9.59 Å². The van der Waals surface area contributed by atoms with Gasteiger partial charge in [-0.1, -0.05) is 43.7 Å². The zero-order valence-electron chi connectivity index (χ0n) is 14.3. The summed E-state index contributed by atoms with van der Waals surface area (Å²) in [4.78, 5) is 26.4. The van der Waals surface area contributed by atoms with E-state index in [1.54, 1.807) is 11.8 Å². The molecule has 23 heavy (non-hydrogen) atoms. The van der Waals surface area contributed by atoms with Gasteiger partial charge in [0.15, 0.2) is 0 Å². The number of hydrogen-bond acceptors (Lipinski definition) is 3. The Labute approximate surface area is 137 Å². The Hall–Kier alpha value is -2.30. The van der Waals surface area contributed by atoms with Gasteiger partial charge in [-0.15, -0.1) is 0 Å². The summed E-state index contributed by atoms with van der Waals surface area (Å²) in [6, 6.07) is 7.11. The third kappa shape index (κ3) is 3.55. The molecule has 124 valence electrons. The van der Waals surface area contributed by atoms with Crippen LogP contribution in [0.1, 0.15) is 37.9 Å². The molecule has 2 rings (SSSR count).